The summed E-state index contributed by atoms with van der Waals surface area (Å²) >= 11 is 0. The molecule has 0 atom stereocenters. The normalized spacial score (nSPS) is 10.7. The Morgan fingerprint density at radius 2 is 2.13 bits per heavy atom. The molecule has 0 N–H and O–H groups in total. The molecule has 15 heavy (non-hydrogen) atoms. The fourth-order valence-electron chi connectivity index (χ4n) is 1.60. The molecule has 0 saturated carbocycles. The van der Waals surface area contributed by atoms with Crippen LogP contribution in [0.25, 0.3) is 16.8 Å². The lowest BCUT2D eigenvalue weighted by Gasteiger charge is -2.01. The second-order valence-corrected chi connectivity index (χ2v) is 3.23. The molecule has 0 radical (unpaired) electrons. The molecule has 0 aliphatic carbocycles. The molecule has 0 spiro atoms. The molecule has 0 unspecified atom stereocenters. The first-order valence-corrected chi connectivity index (χ1v) is 4.64. The van der Waals surface area contributed by atoms with Crippen molar-refractivity contribution in [3.8, 4) is 11.1 Å². The quantitative estimate of drug-likeness (QED) is 0.596. The number of hydrogen-bond donors (Lipinski definition) is 0. The van der Waals surface area contributed by atoms with Gasteiger partial charge in [0.25, 0.3) is 0 Å². The molecule has 3 aromatic rings. The lowest BCUT2D eigenvalue weighted by Crippen LogP contribution is -1.87. The van der Waals surface area contributed by atoms with Crippen LogP contribution in [0.5, 0.6) is 0 Å². The minimum absolute atomic E-state index is 0.852. The number of aromatic nitrogens is 4. The van der Waals surface area contributed by atoms with Gasteiger partial charge in [0.05, 0.1) is 0 Å². The third-order valence-electron chi connectivity index (χ3n) is 2.30. The standard InChI is InChI=1S/C11H8N4/c1-3-9(7-12-5-1)10-4-2-6-15-8-13-14-11(10)15/h1-8H. The van der Waals surface area contributed by atoms with E-state index in [4.69, 9.17) is 0 Å². The van der Waals surface area contributed by atoms with Crippen LogP contribution in [0.1, 0.15) is 0 Å². The van der Waals surface area contributed by atoms with E-state index in [0.29, 0.717) is 0 Å². The summed E-state index contributed by atoms with van der Waals surface area (Å²) in [5.74, 6) is 0. The second kappa shape index (κ2) is 3.16. The Hall–Kier alpha value is -2.23. The van der Waals surface area contributed by atoms with Crippen LogP contribution in [0.15, 0.2) is 49.2 Å². The van der Waals surface area contributed by atoms with E-state index in [9.17, 15) is 0 Å². The van der Waals surface area contributed by atoms with Gasteiger partial charge in [-0.3, -0.25) is 9.38 Å². The predicted molar refractivity (Wildman–Crippen MR) is 56.2 cm³/mol. The highest BCUT2D eigenvalue weighted by atomic mass is 15.2. The zero-order chi connectivity index (χ0) is 10.1. The van der Waals surface area contributed by atoms with Gasteiger partial charge in [-0.05, 0) is 18.2 Å². The SMILES string of the molecule is c1cncc(-c2cccn3cnnc23)c1. The van der Waals surface area contributed by atoms with Crippen molar-refractivity contribution in [2.45, 2.75) is 0 Å². The number of hydrogen-bond acceptors (Lipinski definition) is 3. The Morgan fingerprint density at radius 1 is 1.13 bits per heavy atom. The molecule has 0 saturated heterocycles. The fourth-order valence-corrected chi connectivity index (χ4v) is 1.60. The van der Waals surface area contributed by atoms with Crippen LogP contribution in [0, 0.1) is 0 Å². The molecule has 0 aromatic carbocycles. The summed E-state index contributed by atoms with van der Waals surface area (Å²) in [4.78, 5) is 4.09. The van der Waals surface area contributed by atoms with E-state index in [1.54, 1.807) is 12.5 Å². The fraction of sp³-hybridized carbons (Fsp3) is 0. The van der Waals surface area contributed by atoms with Gasteiger partial charge < -0.3 is 0 Å². The topological polar surface area (TPSA) is 43.1 Å². The maximum absolute atomic E-state index is 4.09. The first-order valence-electron chi connectivity index (χ1n) is 4.64. The lowest BCUT2D eigenvalue weighted by molar-refractivity contribution is 1.10. The molecule has 4 nitrogen and oxygen atoms in total. The van der Waals surface area contributed by atoms with Crippen LogP contribution in [-0.4, -0.2) is 19.6 Å². The molecule has 3 heterocycles. The molecule has 3 aromatic heterocycles. The van der Waals surface area contributed by atoms with Crippen molar-refractivity contribution in [2.24, 2.45) is 0 Å². The van der Waals surface area contributed by atoms with E-state index in [0.717, 1.165) is 16.8 Å². The maximum Gasteiger partial charge on any atom is 0.168 e. The Bertz CT molecular complexity index is 586. The molecule has 72 valence electrons. The zero-order valence-electron chi connectivity index (χ0n) is 7.91. The summed E-state index contributed by atoms with van der Waals surface area (Å²) in [5, 5.41) is 7.96. The van der Waals surface area contributed by atoms with Crippen LogP contribution in [-0.2, 0) is 0 Å². The summed E-state index contributed by atoms with van der Waals surface area (Å²) in [6, 6.07) is 7.91. The summed E-state index contributed by atoms with van der Waals surface area (Å²) in [7, 11) is 0. The molecule has 3 rings (SSSR count). The van der Waals surface area contributed by atoms with Crippen LogP contribution in [0.2, 0.25) is 0 Å². The van der Waals surface area contributed by atoms with Crippen molar-refractivity contribution >= 4 is 5.65 Å². The predicted octanol–water partition coefficient (Wildman–Crippen LogP) is 1.79. The molecule has 0 fully saturated rings. The van der Waals surface area contributed by atoms with Gasteiger partial charge in [-0.15, -0.1) is 10.2 Å². The van der Waals surface area contributed by atoms with Crippen LogP contribution in [0.3, 0.4) is 0 Å². The van der Waals surface area contributed by atoms with Crippen molar-refractivity contribution in [3.63, 3.8) is 0 Å². The minimum Gasteiger partial charge on any atom is -0.289 e. The van der Waals surface area contributed by atoms with Gasteiger partial charge in [0.2, 0.25) is 0 Å². The van der Waals surface area contributed by atoms with Gasteiger partial charge in [0, 0.05) is 29.7 Å². The molecular formula is C11H8N4. The van der Waals surface area contributed by atoms with E-state index in [2.05, 4.69) is 15.2 Å². The largest absolute Gasteiger partial charge is 0.289 e. The van der Waals surface area contributed by atoms with E-state index in [1.165, 1.54) is 0 Å². The van der Waals surface area contributed by atoms with Gasteiger partial charge >= 0.3 is 0 Å². The summed E-state index contributed by atoms with van der Waals surface area (Å²) in [6.07, 6.45) is 7.20. The van der Waals surface area contributed by atoms with Crippen molar-refractivity contribution in [2.75, 3.05) is 0 Å². The smallest absolute Gasteiger partial charge is 0.168 e. The number of rotatable bonds is 1. The lowest BCUT2D eigenvalue weighted by atomic mass is 10.1. The van der Waals surface area contributed by atoms with E-state index >= 15 is 0 Å². The van der Waals surface area contributed by atoms with E-state index < -0.39 is 0 Å². The molecule has 0 amide bonds. The van der Waals surface area contributed by atoms with Crippen molar-refractivity contribution in [1.29, 1.82) is 0 Å². The van der Waals surface area contributed by atoms with Crippen LogP contribution in [0.4, 0.5) is 0 Å². The van der Waals surface area contributed by atoms with Crippen molar-refractivity contribution in [1.82, 2.24) is 19.6 Å². The van der Waals surface area contributed by atoms with Crippen molar-refractivity contribution in [3.05, 3.63) is 49.2 Å². The zero-order valence-corrected chi connectivity index (χ0v) is 7.91. The van der Waals surface area contributed by atoms with Gasteiger partial charge in [0.15, 0.2) is 5.65 Å². The molecule has 0 aliphatic heterocycles. The average molecular weight is 196 g/mol. The average Bonchev–Trinajstić information content (AvgIpc) is 2.78. The Balaban J connectivity index is 2.31. The highest BCUT2D eigenvalue weighted by Crippen LogP contribution is 2.21. The molecular weight excluding hydrogens is 188 g/mol. The second-order valence-electron chi connectivity index (χ2n) is 3.23. The number of fused-ring (bicyclic) bond motifs is 1. The number of pyridine rings is 2. The Kier molecular flexibility index (Phi) is 1.71. The highest BCUT2D eigenvalue weighted by Gasteiger charge is 2.04. The van der Waals surface area contributed by atoms with Crippen LogP contribution >= 0.6 is 0 Å². The Labute approximate surface area is 86.2 Å². The van der Waals surface area contributed by atoms with Crippen molar-refractivity contribution < 1.29 is 0 Å². The summed E-state index contributed by atoms with van der Waals surface area (Å²) in [6.45, 7) is 0. The summed E-state index contributed by atoms with van der Waals surface area (Å²) in [5.41, 5.74) is 2.95. The maximum atomic E-state index is 4.09. The van der Waals surface area contributed by atoms with Gasteiger partial charge in [-0.2, -0.15) is 0 Å². The van der Waals surface area contributed by atoms with Gasteiger partial charge in [0.1, 0.15) is 6.33 Å². The minimum atomic E-state index is 0.852. The third kappa shape index (κ3) is 1.27. The first-order chi connectivity index (χ1) is 7.45. The van der Waals surface area contributed by atoms with Gasteiger partial charge in [-0.25, -0.2) is 0 Å². The summed E-state index contributed by atoms with van der Waals surface area (Å²) < 4.78 is 1.89. The number of nitrogens with zero attached hydrogens (tertiary/aromatic N) is 4. The monoisotopic (exact) mass is 196 g/mol. The Morgan fingerprint density at radius 3 is 3.00 bits per heavy atom. The van der Waals surface area contributed by atoms with Crippen LogP contribution < -0.4 is 0 Å². The molecule has 0 bridgehead atoms. The van der Waals surface area contributed by atoms with E-state index in [1.807, 2.05) is 41.1 Å². The molecule has 4 heteroatoms. The highest BCUT2D eigenvalue weighted by molar-refractivity contribution is 5.76. The third-order valence-corrected chi connectivity index (χ3v) is 2.30. The molecule has 0 aliphatic rings. The van der Waals surface area contributed by atoms with E-state index in [-0.39, 0.29) is 0 Å². The first kappa shape index (κ1) is 8.11. The van der Waals surface area contributed by atoms with Gasteiger partial charge in [-0.1, -0.05) is 6.07 Å².